The first-order valence-corrected chi connectivity index (χ1v) is 4.30. The lowest BCUT2D eigenvalue weighted by atomic mass is 10.2. The van der Waals surface area contributed by atoms with Crippen LogP contribution in [0.3, 0.4) is 0 Å². The maximum atomic E-state index is 10.2. The molecule has 1 radical (unpaired) electrons. The molecule has 77 valence electrons. The van der Waals surface area contributed by atoms with E-state index in [0.717, 1.165) is 6.54 Å². The van der Waals surface area contributed by atoms with Gasteiger partial charge in [0.25, 0.3) is 0 Å². The van der Waals surface area contributed by atoms with Crippen molar-refractivity contribution < 1.29 is 9.90 Å². The lowest BCUT2D eigenvalue weighted by molar-refractivity contribution is 0.0697. The van der Waals surface area contributed by atoms with E-state index in [1.807, 2.05) is 19.0 Å². The Kier molecular flexibility index (Phi) is 6.41. The van der Waals surface area contributed by atoms with Crippen molar-refractivity contribution in [2.75, 3.05) is 20.6 Å². The highest BCUT2D eigenvalue weighted by atomic mass is 16.4. The molecule has 0 atom stereocenters. The van der Waals surface area contributed by atoms with Crippen LogP contribution in [-0.4, -0.2) is 36.6 Å². The van der Waals surface area contributed by atoms with Gasteiger partial charge in [-0.05, 0) is 39.7 Å². The molecule has 0 aliphatic rings. The van der Waals surface area contributed by atoms with E-state index in [9.17, 15) is 4.79 Å². The van der Waals surface area contributed by atoms with E-state index >= 15 is 0 Å². The fraction of sp³-hybridized carbons (Fsp3) is 0.273. The molecule has 0 aliphatic carbocycles. The molecule has 1 aromatic carbocycles. The molecule has 1 rings (SSSR count). The molecule has 0 saturated heterocycles. The zero-order chi connectivity index (χ0) is 11.0. The summed E-state index contributed by atoms with van der Waals surface area (Å²) in [7, 11) is 3.99. The van der Waals surface area contributed by atoms with Crippen LogP contribution in [0.1, 0.15) is 10.4 Å². The van der Waals surface area contributed by atoms with E-state index in [1.165, 1.54) is 0 Å². The van der Waals surface area contributed by atoms with Gasteiger partial charge >= 0.3 is 5.97 Å². The number of benzene rings is 1. The first-order chi connectivity index (χ1) is 6.57. The van der Waals surface area contributed by atoms with E-state index in [2.05, 4.69) is 6.92 Å². The predicted octanol–water partition coefficient (Wildman–Crippen LogP) is 1.77. The summed E-state index contributed by atoms with van der Waals surface area (Å²) in [5.74, 6) is -0.879. The second-order valence-corrected chi connectivity index (χ2v) is 2.97. The third kappa shape index (κ3) is 6.20. The summed E-state index contributed by atoms with van der Waals surface area (Å²) in [5, 5.41) is 8.38. The lowest BCUT2D eigenvalue weighted by Crippen LogP contribution is -2.08. The van der Waals surface area contributed by atoms with Gasteiger partial charge in [0.2, 0.25) is 0 Å². The van der Waals surface area contributed by atoms with Gasteiger partial charge in [0.15, 0.2) is 0 Å². The van der Waals surface area contributed by atoms with Crippen LogP contribution in [0.2, 0.25) is 0 Å². The SMILES string of the molecule is O=C(O)c1ccccc1.[CH2]CN(C)C. The van der Waals surface area contributed by atoms with Gasteiger partial charge < -0.3 is 10.0 Å². The average molecular weight is 194 g/mol. The molecule has 0 aromatic heterocycles. The van der Waals surface area contributed by atoms with Crippen molar-refractivity contribution in [1.82, 2.24) is 4.90 Å². The number of hydrogen-bond acceptors (Lipinski definition) is 2. The Morgan fingerprint density at radius 1 is 1.36 bits per heavy atom. The van der Waals surface area contributed by atoms with Gasteiger partial charge in [-0.15, -0.1) is 0 Å². The summed E-state index contributed by atoms with van der Waals surface area (Å²) in [6.45, 7) is 4.50. The number of carboxylic acids is 1. The van der Waals surface area contributed by atoms with Crippen LogP contribution in [0.5, 0.6) is 0 Å². The Balaban J connectivity index is 0.000000292. The number of nitrogens with zero attached hydrogens (tertiary/aromatic N) is 1. The van der Waals surface area contributed by atoms with E-state index < -0.39 is 5.97 Å². The van der Waals surface area contributed by atoms with Gasteiger partial charge in [0.05, 0.1) is 5.56 Å². The Morgan fingerprint density at radius 2 is 1.79 bits per heavy atom. The van der Waals surface area contributed by atoms with E-state index in [0.29, 0.717) is 5.56 Å². The lowest BCUT2D eigenvalue weighted by Gasteiger charge is -1.99. The van der Waals surface area contributed by atoms with Crippen molar-refractivity contribution in [1.29, 1.82) is 0 Å². The van der Waals surface area contributed by atoms with Crippen LogP contribution in [0, 0.1) is 6.92 Å². The molecule has 0 bridgehead atoms. The highest BCUT2D eigenvalue weighted by molar-refractivity contribution is 5.87. The molecule has 1 aromatic rings. The molecule has 0 saturated carbocycles. The molecule has 14 heavy (non-hydrogen) atoms. The summed E-state index contributed by atoms with van der Waals surface area (Å²) in [5.41, 5.74) is 0.331. The fourth-order valence-corrected chi connectivity index (χ4v) is 0.581. The first-order valence-electron chi connectivity index (χ1n) is 4.30. The van der Waals surface area contributed by atoms with Gasteiger partial charge in [-0.1, -0.05) is 18.2 Å². The maximum Gasteiger partial charge on any atom is 0.335 e. The molecular weight excluding hydrogens is 178 g/mol. The van der Waals surface area contributed by atoms with Crippen molar-refractivity contribution in [3.63, 3.8) is 0 Å². The summed E-state index contributed by atoms with van der Waals surface area (Å²) < 4.78 is 0. The summed E-state index contributed by atoms with van der Waals surface area (Å²) in [6, 6.07) is 8.30. The minimum atomic E-state index is -0.879. The van der Waals surface area contributed by atoms with Crippen molar-refractivity contribution in [3.8, 4) is 0 Å². The number of carboxylic acid groups (broad SMARTS) is 1. The number of rotatable bonds is 2. The van der Waals surface area contributed by atoms with Crippen molar-refractivity contribution >= 4 is 5.97 Å². The Morgan fingerprint density at radius 3 is 2.00 bits per heavy atom. The molecule has 0 spiro atoms. The number of carbonyl (C=O) groups is 1. The van der Waals surface area contributed by atoms with E-state index in [1.54, 1.807) is 30.3 Å². The molecule has 0 aliphatic heterocycles. The van der Waals surface area contributed by atoms with Gasteiger partial charge in [-0.25, -0.2) is 4.79 Å². The second-order valence-electron chi connectivity index (χ2n) is 2.97. The zero-order valence-corrected chi connectivity index (χ0v) is 8.60. The molecule has 0 amide bonds. The van der Waals surface area contributed by atoms with Crippen LogP contribution in [0.25, 0.3) is 0 Å². The Hall–Kier alpha value is -1.35. The molecule has 0 fully saturated rings. The molecule has 1 N–H and O–H groups in total. The molecular formula is C11H16NO2. The van der Waals surface area contributed by atoms with Crippen LogP contribution < -0.4 is 0 Å². The number of aromatic carboxylic acids is 1. The minimum Gasteiger partial charge on any atom is -0.478 e. The van der Waals surface area contributed by atoms with E-state index in [4.69, 9.17) is 5.11 Å². The smallest absolute Gasteiger partial charge is 0.335 e. The first kappa shape index (κ1) is 12.7. The Labute approximate surface area is 85.0 Å². The van der Waals surface area contributed by atoms with Gasteiger partial charge in [0.1, 0.15) is 0 Å². The molecule has 0 unspecified atom stereocenters. The van der Waals surface area contributed by atoms with Gasteiger partial charge in [-0.3, -0.25) is 0 Å². The zero-order valence-electron chi connectivity index (χ0n) is 8.60. The fourth-order valence-electron chi connectivity index (χ4n) is 0.581. The van der Waals surface area contributed by atoms with Crippen LogP contribution in [-0.2, 0) is 0 Å². The standard InChI is InChI=1S/C7H6O2.C4H10N/c8-7(9)6-4-2-1-3-5-6;1-4-5(2)3/h1-5H,(H,8,9);1,4H2,2-3H3. The minimum absolute atomic E-state index is 0.331. The molecule has 3 nitrogen and oxygen atoms in total. The van der Waals surface area contributed by atoms with E-state index in [-0.39, 0.29) is 0 Å². The highest BCUT2D eigenvalue weighted by Crippen LogP contribution is 1.96. The normalized spacial score (nSPS) is 9.14. The maximum absolute atomic E-state index is 10.2. The molecule has 0 heterocycles. The summed E-state index contributed by atoms with van der Waals surface area (Å²) in [6.07, 6.45) is 0. The van der Waals surface area contributed by atoms with Crippen LogP contribution in [0.4, 0.5) is 0 Å². The largest absolute Gasteiger partial charge is 0.478 e. The second kappa shape index (κ2) is 7.09. The van der Waals surface area contributed by atoms with Crippen molar-refractivity contribution in [2.45, 2.75) is 0 Å². The highest BCUT2D eigenvalue weighted by Gasteiger charge is 1.96. The molecule has 3 heteroatoms. The van der Waals surface area contributed by atoms with Crippen molar-refractivity contribution in [2.24, 2.45) is 0 Å². The monoisotopic (exact) mass is 194 g/mol. The topological polar surface area (TPSA) is 40.5 Å². The average Bonchev–Trinajstić information content (AvgIpc) is 2.20. The quantitative estimate of drug-likeness (QED) is 0.780. The van der Waals surface area contributed by atoms with Gasteiger partial charge in [-0.2, -0.15) is 0 Å². The third-order valence-corrected chi connectivity index (χ3v) is 1.47. The summed E-state index contributed by atoms with van der Waals surface area (Å²) in [4.78, 5) is 12.2. The predicted molar refractivity (Wildman–Crippen MR) is 57.3 cm³/mol. The summed E-state index contributed by atoms with van der Waals surface area (Å²) >= 11 is 0. The van der Waals surface area contributed by atoms with Crippen LogP contribution in [0.15, 0.2) is 30.3 Å². The third-order valence-electron chi connectivity index (χ3n) is 1.47. The van der Waals surface area contributed by atoms with Gasteiger partial charge in [0, 0.05) is 0 Å². The van der Waals surface area contributed by atoms with Crippen molar-refractivity contribution in [3.05, 3.63) is 42.8 Å². The number of hydrogen-bond donors (Lipinski definition) is 1. The van der Waals surface area contributed by atoms with Crippen LogP contribution >= 0.6 is 0 Å². The Bertz CT molecular complexity index is 257.